The van der Waals surface area contributed by atoms with Gasteiger partial charge in [0.15, 0.2) is 0 Å². The molecule has 2 aromatic rings. The van der Waals surface area contributed by atoms with Gasteiger partial charge in [-0.1, -0.05) is 17.7 Å². The van der Waals surface area contributed by atoms with Crippen LogP contribution in [-0.4, -0.2) is 29.9 Å². The molecule has 5 nitrogen and oxygen atoms in total. The van der Waals surface area contributed by atoms with Crippen LogP contribution < -0.4 is 10.5 Å². The molecule has 0 aliphatic carbocycles. The summed E-state index contributed by atoms with van der Waals surface area (Å²) in [5, 5.41) is 0.320. The molecule has 3 rings (SSSR count). The van der Waals surface area contributed by atoms with E-state index in [1.807, 2.05) is 0 Å². The average molecular weight is 349 g/mol. The Balaban J connectivity index is 1.93. The van der Waals surface area contributed by atoms with Gasteiger partial charge in [0, 0.05) is 23.2 Å². The zero-order chi connectivity index (χ0) is 17.3. The smallest absolute Gasteiger partial charge is 0.255 e. The summed E-state index contributed by atoms with van der Waals surface area (Å²) in [6.45, 7) is 0.771. The fourth-order valence-electron chi connectivity index (χ4n) is 2.59. The van der Waals surface area contributed by atoms with Gasteiger partial charge < -0.3 is 15.4 Å². The molecular formula is C17H14ClFN2O3. The van der Waals surface area contributed by atoms with Crippen molar-refractivity contribution in [1.82, 2.24) is 4.90 Å². The molecule has 1 aliphatic rings. The van der Waals surface area contributed by atoms with Crippen LogP contribution in [0.2, 0.25) is 5.02 Å². The second kappa shape index (κ2) is 6.49. The normalized spacial score (nSPS) is 13.7. The van der Waals surface area contributed by atoms with Crippen molar-refractivity contribution in [3.05, 3.63) is 63.9 Å². The Kier molecular flexibility index (Phi) is 4.40. The Morgan fingerprint density at radius 3 is 2.71 bits per heavy atom. The van der Waals surface area contributed by atoms with E-state index in [2.05, 4.69) is 0 Å². The number of hydrogen-bond acceptors (Lipinski definition) is 3. The van der Waals surface area contributed by atoms with E-state index in [9.17, 15) is 14.0 Å². The third kappa shape index (κ3) is 3.19. The number of nitrogens with zero attached hydrogens (tertiary/aromatic N) is 1. The highest BCUT2D eigenvalue weighted by Gasteiger charge is 2.24. The topological polar surface area (TPSA) is 72.6 Å². The van der Waals surface area contributed by atoms with Gasteiger partial charge in [-0.05, 0) is 24.3 Å². The molecule has 0 bridgehead atoms. The maximum atomic E-state index is 13.3. The molecule has 0 saturated carbocycles. The number of carbonyl (C=O) groups excluding carboxylic acids is 2. The van der Waals surface area contributed by atoms with Crippen LogP contribution in [0.25, 0.3) is 0 Å². The quantitative estimate of drug-likeness (QED) is 0.906. The van der Waals surface area contributed by atoms with Gasteiger partial charge in [-0.2, -0.15) is 0 Å². The van der Waals surface area contributed by atoms with E-state index in [1.54, 1.807) is 6.07 Å². The van der Waals surface area contributed by atoms with Crippen molar-refractivity contribution in [3.63, 3.8) is 0 Å². The fraction of sp³-hybridized carbons (Fsp3) is 0.176. The van der Waals surface area contributed by atoms with Gasteiger partial charge in [0.05, 0.1) is 17.7 Å². The molecule has 7 heteroatoms. The molecule has 2 amide bonds. The van der Waals surface area contributed by atoms with Crippen LogP contribution in [0.4, 0.5) is 4.39 Å². The molecule has 0 radical (unpaired) electrons. The number of benzene rings is 2. The highest BCUT2D eigenvalue weighted by molar-refractivity contribution is 6.31. The van der Waals surface area contributed by atoms with Crippen LogP contribution in [0.15, 0.2) is 36.4 Å². The van der Waals surface area contributed by atoms with Crippen molar-refractivity contribution in [1.29, 1.82) is 0 Å². The number of ether oxygens (including phenoxy) is 1. The number of nitrogens with two attached hydrogens (primary N) is 1. The summed E-state index contributed by atoms with van der Waals surface area (Å²) in [5.41, 5.74) is 6.28. The van der Waals surface area contributed by atoms with Gasteiger partial charge in [-0.3, -0.25) is 9.59 Å². The lowest BCUT2D eigenvalue weighted by molar-refractivity contribution is 0.0728. The average Bonchev–Trinajstić information content (AvgIpc) is 2.76. The summed E-state index contributed by atoms with van der Waals surface area (Å²) in [5.74, 6) is -1.07. The van der Waals surface area contributed by atoms with E-state index < -0.39 is 11.7 Å². The molecule has 1 aliphatic heterocycles. The molecule has 2 aromatic carbocycles. The molecule has 0 saturated heterocycles. The van der Waals surface area contributed by atoms with Crippen LogP contribution in [0.3, 0.4) is 0 Å². The summed E-state index contributed by atoms with van der Waals surface area (Å²) in [6.07, 6.45) is 0. The number of rotatable bonds is 2. The van der Waals surface area contributed by atoms with Crippen LogP contribution in [0, 0.1) is 5.82 Å². The zero-order valence-electron chi connectivity index (χ0n) is 12.6. The molecule has 0 unspecified atom stereocenters. The highest BCUT2D eigenvalue weighted by Crippen LogP contribution is 2.26. The minimum absolute atomic E-state index is 0.0667. The first-order valence-corrected chi connectivity index (χ1v) is 7.63. The van der Waals surface area contributed by atoms with Gasteiger partial charge in [-0.15, -0.1) is 0 Å². The van der Waals surface area contributed by atoms with Gasteiger partial charge in [-0.25, -0.2) is 4.39 Å². The number of amides is 2. The van der Waals surface area contributed by atoms with Crippen LogP contribution in [0.1, 0.15) is 26.3 Å². The summed E-state index contributed by atoms with van der Waals surface area (Å²) in [7, 11) is 0. The van der Waals surface area contributed by atoms with Crippen LogP contribution >= 0.6 is 11.6 Å². The van der Waals surface area contributed by atoms with E-state index in [4.69, 9.17) is 22.1 Å². The number of fused-ring (bicyclic) bond motifs is 1. The lowest BCUT2D eigenvalue weighted by Gasteiger charge is -2.21. The minimum atomic E-state index is -0.727. The van der Waals surface area contributed by atoms with E-state index in [-0.39, 0.29) is 30.2 Å². The number of hydrogen-bond donors (Lipinski definition) is 1. The Morgan fingerprint density at radius 2 is 1.96 bits per heavy atom. The molecule has 24 heavy (non-hydrogen) atoms. The van der Waals surface area contributed by atoms with Crippen molar-refractivity contribution in [2.75, 3.05) is 13.2 Å². The van der Waals surface area contributed by atoms with Crippen LogP contribution in [0.5, 0.6) is 5.75 Å². The van der Waals surface area contributed by atoms with Crippen LogP contribution in [-0.2, 0) is 6.54 Å². The maximum Gasteiger partial charge on any atom is 0.255 e. The van der Waals surface area contributed by atoms with Crippen molar-refractivity contribution in [3.8, 4) is 5.75 Å². The van der Waals surface area contributed by atoms with Gasteiger partial charge in [0.2, 0.25) is 5.91 Å². The van der Waals surface area contributed by atoms with Gasteiger partial charge >= 0.3 is 0 Å². The number of halogens is 2. The molecule has 0 atom stereocenters. The van der Waals surface area contributed by atoms with Crippen molar-refractivity contribution < 1.29 is 18.7 Å². The zero-order valence-corrected chi connectivity index (χ0v) is 13.3. The molecule has 124 valence electrons. The first kappa shape index (κ1) is 16.3. The summed E-state index contributed by atoms with van der Waals surface area (Å²) in [6, 6.07) is 8.55. The number of carbonyl (C=O) groups is 2. The Labute approximate surface area is 142 Å². The Bertz CT molecular complexity index is 825. The van der Waals surface area contributed by atoms with Gasteiger partial charge in [0.1, 0.15) is 18.2 Å². The number of primary amides is 1. The summed E-state index contributed by atoms with van der Waals surface area (Å²) < 4.78 is 18.8. The second-order valence-electron chi connectivity index (χ2n) is 5.38. The third-order valence-electron chi connectivity index (χ3n) is 3.77. The standard InChI is InChI=1S/C17H14ClFN2O3/c18-11-2-4-13(14(7-11)16(20)22)17(23)21-5-6-24-15-8-12(19)3-1-10(15)9-21/h1-4,7-8H,5-6,9H2,(H2,20,22). The third-order valence-corrected chi connectivity index (χ3v) is 4.01. The molecule has 0 aromatic heterocycles. The Hall–Kier alpha value is -2.60. The van der Waals surface area contributed by atoms with E-state index in [0.29, 0.717) is 22.9 Å². The molecule has 1 heterocycles. The predicted molar refractivity (Wildman–Crippen MR) is 86.6 cm³/mol. The molecule has 0 spiro atoms. The lowest BCUT2D eigenvalue weighted by Crippen LogP contribution is -2.34. The molecule has 0 fully saturated rings. The minimum Gasteiger partial charge on any atom is -0.491 e. The van der Waals surface area contributed by atoms with Crippen molar-refractivity contribution in [2.24, 2.45) is 5.73 Å². The highest BCUT2D eigenvalue weighted by atomic mass is 35.5. The SMILES string of the molecule is NC(=O)c1cc(Cl)ccc1C(=O)N1CCOc2cc(F)ccc2C1. The van der Waals surface area contributed by atoms with E-state index in [0.717, 1.165) is 0 Å². The van der Waals surface area contributed by atoms with Gasteiger partial charge in [0.25, 0.3) is 5.91 Å². The summed E-state index contributed by atoms with van der Waals surface area (Å²) in [4.78, 5) is 25.9. The monoisotopic (exact) mass is 348 g/mol. The lowest BCUT2D eigenvalue weighted by atomic mass is 10.1. The first-order chi connectivity index (χ1) is 11.5. The van der Waals surface area contributed by atoms with E-state index in [1.165, 1.54) is 35.2 Å². The Morgan fingerprint density at radius 1 is 1.17 bits per heavy atom. The van der Waals surface area contributed by atoms with Crippen molar-refractivity contribution >= 4 is 23.4 Å². The maximum absolute atomic E-state index is 13.3. The van der Waals surface area contributed by atoms with E-state index >= 15 is 0 Å². The fourth-order valence-corrected chi connectivity index (χ4v) is 2.77. The predicted octanol–water partition coefficient (Wildman–Crippen LogP) is 2.61. The second-order valence-corrected chi connectivity index (χ2v) is 5.82. The summed E-state index contributed by atoms with van der Waals surface area (Å²) >= 11 is 5.87. The molecule has 2 N–H and O–H groups in total. The molecular weight excluding hydrogens is 335 g/mol. The first-order valence-electron chi connectivity index (χ1n) is 7.25. The van der Waals surface area contributed by atoms with Crippen molar-refractivity contribution in [2.45, 2.75) is 6.54 Å². The largest absolute Gasteiger partial charge is 0.491 e.